The molecule has 0 radical (unpaired) electrons. The molecule has 3 nitrogen and oxygen atoms in total. The van der Waals surface area contributed by atoms with Crippen molar-refractivity contribution in [2.75, 3.05) is 5.73 Å². The van der Waals surface area contributed by atoms with E-state index in [0.717, 1.165) is 5.56 Å². The second-order valence-corrected chi connectivity index (χ2v) is 6.34. The SMILES string of the molecule is Cc1cc(C(C)(C)C)cc(C)c1-c1cn(C)nc1N. The van der Waals surface area contributed by atoms with Crippen LogP contribution in [0.5, 0.6) is 0 Å². The number of rotatable bonds is 1. The Balaban J connectivity index is 2.64. The van der Waals surface area contributed by atoms with Crippen molar-refractivity contribution >= 4 is 5.82 Å². The molecular formula is C16H23N3. The van der Waals surface area contributed by atoms with Crippen LogP contribution in [0.2, 0.25) is 0 Å². The van der Waals surface area contributed by atoms with Crippen LogP contribution in [0, 0.1) is 13.8 Å². The van der Waals surface area contributed by atoms with Crippen molar-refractivity contribution in [1.29, 1.82) is 0 Å². The van der Waals surface area contributed by atoms with Crippen LogP contribution in [0.4, 0.5) is 5.82 Å². The van der Waals surface area contributed by atoms with E-state index in [1.807, 2.05) is 13.2 Å². The second kappa shape index (κ2) is 4.41. The van der Waals surface area contributed by atoms with Crippen molar-refractivity contribution in [2.45, 2.75) is 40.0 Å². The molecule has 3 heteroatoms. The summed E-state index contributed by atoms with van der Waals surface area (Å²) in [5.74, 6) is 0.595. The van der Waals surface area contributed by atoms with E-state index in [4.69, 9.17) is 5.73 Å². The lowest BCUT2D eigenvalue weighted by molar-refractivity contribution is 0.589. The highest BCUT2D eigenvalue weighted by atomic mass is 15.3. The molecule has 0 bridgehead atoms. The summed E-state index contributed by atoms with van der Waals surface area (Å²) in [6.45, 7) is 11.0. The van der Waals surface area contributed by atoms with E-state index in [-0.39, 0.29) is 5.41 Å². The molecule has 0 amide bonds. The number of benzene rings is 1. The Kier molecular flexibility index (Phi) is 3.17. The van der Waals surface area contributed by atoms with Crippen LogP contribution in [0.15, 0.2) is 18.3 Å². The van der Waals surface area contributed by atoms with Crippen molar-refractivity contribution in [3.05, 3.63) is 35.0 Å². The van der Waals surface area contributed by atoms with Crippen LogP contribution >= 0.6 is 0 Å². The fourth-order valence-corrected chi connectivity index (χ4v) is 2.52. The molecule has 0 unspecified atom stereocenters. The van der Waals surface area contributed by atoms with Gasteiger partial charge in [-0.05, 0) is 41.5 Å². The van der Waals surface area contributed by atoms with E-state index >= 15 is 0 Å². The summed E-state index contributed by atoms with van der Waals surface area (Å²) in [5.41, 5.74) is 12.3. The quantitative estimate of drug-likeness (QED) is 0.848. The van der Waals surface area contributed by atoms with Crippen LogP contribution in [0.3, 0.4) is 0 Å². The molecule has 1 aromatic heterocycles. The Hall–Kier alpha value is -1.77. The Morgan fingerprint density at radius 1 is 1.11 bits per heavy atom. The zero-order chi connectivity index (χ0) is 14.4. The fraction of sp³-hybridized carbons (Fsp3) is 0.438. The molecule has 2 aromatic rings. The van der Waals surface area contributed by atoms with Crippen LogP contribution in [0.1, 0.15) is 37.5 Å². The van der Waals surface area contributed by atoms with Gasteiger partial charge in [0.1, 0.15) is 0 Å². The van der Waals surface area contributed by atoms with Gasteiger partial charge in [-0.1, -0.05) is 32.9 Å². The second-order valence-electron chi connectivity index (χ2n) is 6.34. The maximum absolute atomic E-state index is 6.00. The van der Waals surface area contributed by atoms with Gasteiger partial charge in [-0.3, -0.25) is 4.68 Å². The number of nitrogen functional groups attached to an aromatic ring is 1. The lowest BCUT2D eigenvalue weighted by atomic mass is 9.83. The molecule has 1 heterocycles. The van der Waals surface area contributed by atoms with Gasteiger partial charge >= 0.3 is 0 Å². The molecule has 19 heavy (non-hydrogen) atoms. The Labute approximate surface area is 115 Å². The average molecular weight is 257 g/mol. The Morgan fingerprint density at radius 3 is 2.00 bits per heavy atom. The minimum absolute atomic E-state index is 0.161. The van der Waals surface area contributed by atoms with E-state index in [1.54, 1.807) is 4.68 Å². The van der Waals surface area contributed by atoms with E-state index in [9.17, 15) is 0 Å². The lowest BCUT2D eigenvalue weighted by Gasteiger charge is -2.22. The van der Waals surface area contributed by atoms with Crippen molar-refractivity contribution in [1.82, 2.24) is 9.78 Å². The minimum Gasteiger partial charge on any atom is -0.382 e. The van der Waals surface area contributed by atoms with Crippen LogP contribution < -0.4 is 5.73 Å². The molecule has 0 spiro atoms. The maximum atomic E-state index is 6.00. The van der Waals surface area contributed by atoms with Crippen molar-refractivity contribution < 1.29 is 0 Å². The summed E-state index contributed by atoms with van der Waals surface area (Å²) in [7, 11) is 1.90. The van der Waals surface area contributed by atoms with Gasteiger partial charge in [0.2, 0.25) is 0 Å². The lowest BCUT2D eigenvalue weighted by Crippen LogP contribution is -2.12. The number of hydrogen-bond acceptors (Lipinski definition) is 2. The highest BCUT2D eigenvalue weighted by Gasteiger charge is 2.18. The summed E-state index contributed by atoms with van der Waals surface area (Å²) < 4.78 is 1.77. The first-order valence-electron chi connectivity index (χ1n) is 6.61. The Morgan fingerprint density at radius 2 is 1.63 bits per heavy atom. The predicted octanol–water partition coefficient (Wildman–Crippen LogP) is 3.58. The van der Waals surface area contributed by atoms with Crippen LogP contribution in [-0.2, 0) is 12.5 Å². The highest BCUT2D eigenvalue weighted by molar-refractivity contribution is 5.78. The third kappa shape index (κ3) is 2.50. The van der Waals surface area contributed by atoms with E-state index in [1.165, 1.54) is 22.3 Å². The fourth-order valence-electron chi connectivity index (χ4n) is 2.52. The normalized spacial score (nSPS) is 11.9. The van der Waals surface area contributed by atoms with Gasteiger partial charge in [0.15, 0.2) is 5.82 Å². The number of aryl methyl sites for hydroxylation is 3. The van der Waals surface area contributed by atoms with Crippen molar-refractivity contribution in [3.8, 4) is 11.1 Å². The van der Waals surface area contributed by atoms with Gasteiger partial charge in [-0.15, -0.1) is 0 Å². The topological polar surface area (TPSA) is 43.8 Å². The maximum Gasteiger partial charge on any atom is 0.153 e. The smallest absolute Gasteiger partial charge is 0.153 e. The number of hydrogen-bond donors (Lipinski definition) is 1. The summed E-state index contributed by atoms with van der Waals surface area (Å²) in [6.07, 6.45) is 1.99. The van der Waals surface area contributed by atoms with Gasteiger partial charge in [-0.25, -0.2) is 0 Å². The molecule has 0 aliphatic carbocycles. The van der Waals surface area contributed by atoms with Gasteiger partial charge < -0.3 is 5.73 Å². The zero-order valence-corrected chi connectivity index (χ0v) is 12.7. The van der Waals surface area contributed by atoms with Crippen molar-refractivity contribution in [2.24, 2.45) is 7.05 Å². The highest BCUT2D eigenvalue weighted by Crippen LogP contribution is 2.34. The van der Waals surface area contributed by atoms with E-state index < -0.39 is 0 Å². The van der Waals surface area contributed by atoms with Gasteiger partial charge in [0.25, 0.3) is 0 Å². The molecule has 102 valence electrons. The molecule has 0 atom stereocenters. The first-order valence-corrected chi connectivity index (χ1v) is 6.61. The third-order valence-corrected chi connectivity index (χ3v) is 3.53. The van der Waals surface area contributed by atoms with Gasteiger partial charge in [0, 0.05) is 18.8 Å². The molecule has 0 aliphatic rings. The molecule has 0 saturated heterocycles. The molecule has 0 saturated carbocycles. The largest absolute Gasteiger partial charge is 0.382 e. The molecule has 2 rings (SSSR count). The predicted molar refractivity (Wildman–Crippen MR) is 81.2 cm³/mol. The Bertz CT molecular complexity index is 592. The number of nitrogens with two attached hydrogens (primary N) is 1. The van der Waals surface area contributed by atoms with E-state index in [0.29, 0.717) is 5.82 Å². The van der Waals surface area contributed by atoms with Crippen LogP contribution in [-0.4, -0.2) is 9.78 Å². The van der Waals surface area contributed by atoms with Crippen LogP contribution in [0.25, 0.3) is 11.1 Å². The standard InChI is InChI=1S/C16H23N3/c1-10-7-12(16(3,4)5)8-11(2)14(10)13-9-19(6)18-15(13)17/h7-9H,1-6H3,(H2,17,18). The molecule has 0 aliphatic heterocycles. The molecular weight excluding hydrogens is 234 g/mol. The minimum atomic E-state index is 0.161. The average Bonchev–Trinajstić information content (AvgIpc) is 2.55. The zero-order valence-electron chi connectivity index (χ0n) is 12.7. The summed E-state index contributed by atoms with van der Waals surface area (Å²) in [6, 6.07) is 4.52. The van der Waals surface area contributed by atoms with Crippen molar-refractivity contribution in [3.63, 3.8) is 0 Å². The monoisotopic (exact) mass is 257 g/mol. The summed E-state index contributed by atoms with van der Waals surface area (Å²) >= 11 is 0. The molecule has 0 fully saturated rings. The number of nitrogens with zero attached hydrogens (tertiary/aromatic N) is 2. The summed E-state index contributed by atoms with van der Waals surface area (Å²) in [5, 5.41) is 4.24. The first-order chi connectivity index (χ1) is 8.70. The number of aromatic nitrogens is 2. The van der Waals surface area contributed by atoms with E-state index in [2.05, 4.69) is 51.9 Å². The number of anilines is 1. The first kappa shape index (κ1) is 13.7. The molecule has 2 N–H and O–H groups in total. The van der Waals surface area contributed by atoms with Gasteiger partial charge in [-0.2, -0.15) is 5.10 Å². The molecule has 1 aromatic carbocycles. The summed E-state index contributed by atoms with van der Waals surface area (Å²) in [4.78, 5) is 0. The van der Waals surface area contributed by atoms with Gasteiger partial charge in [0.05, 0.1) is 0 Å². The third-order valence-electron chi connectivity index (χ3n) is 3.53.